The second kappa shape index (κ2) is 11.6. The van der Waals surface area contributed by atoms with Gasteiger partial charge in [0.1, 0.15) is 6.26 Å². The Morgan fingerprint density at radius 3 is 2.41 bits per heavy atom. The summed E-state index contributed by atoms with van der Waals surface area (Å²) in [7, 11) is 1.60. The molecule has 1 N–H and O–H groups in total. The number of amides is 1. The molecule has 2 aromatic carbocycles. The first-order valence-corrected chi connectivity index (χ1v) is 11.1. The zero-order chi connectivity index (χ0) is 22.9. The van der Waals surface area contributed by atoms with Crippen molar-refractivity contribution < 1.29 is 13.9 Å². The number of nitrogens with one attached hydrogen (secondary N) is 1. The van der Waals surface area contributed by atoms with E-state index in [9.17, 15) is 4.79 Å². The molecule has 0 spiro atoms. The van der Waals surface area contributed by atoms with E-state index in [1.165, 1.54) is 23.0 Å². The molecule has 170 valence electrons. The van der Waals surface area contributed by atoms with Crippen molar-refractivity contribution in [1.29, 1.82) is 0 Å². The SMILES string of the molecule is COCCNC(=O)c1coc(CN(Cc2ccc(C(C)C)cc2)C(C)c2ccccc2)n1. The molecule has 32 heavy (non-hydrogen) atoms. The van der Waals surface area contributed by atoms with Crippen molar-refractivity contribution in [1.82, 2.24) is 15.2 Å². The summed E-state index contributed by atoms with van der Waals surface area (Å²) in [6.45, 7) is 8.70. The van der Waals surface area contributed by atoms with Crippen LogP contribution in [0.1, 0.15) is 65.8 Å². The number of hydrogen-bond donors (Lipinski definition) is 1. The van der Waals surface area contributed by atoms with Gasteiger partial charge in [0.2, 0.25) is 5.89 Å². The topological polar surface area (TPSA) is 67.6 Å². The third kappa shape index (κ3) is 6.52. The maximum Gasteiger partial charge on any atom is 0.273 e. The summed E-state index contributed by atoms with van der Waals surface area (Å²) in [5.41, 5.74) is 4.05. The summed E-state index contributed by atoms with van der Waals surface area (Å²) in [6, 6.07) is 19.3. The van der Waals surface area contributed by atoms with Crippen LogP contribution in [-0.2, 0) is 17.8 Å². The van der Waals surface area contributed by atoms with E-state index in [2.05, 4.69) is 84.5 Å². The lowest BCUT2D eigenvalue weighted by atomic mass is 10.0. The molecule has 0 aliphatic heterocycles. The van der Waals surface area contributed by atoms with Gasteiger partial charge in [-0.15, -0.1) is 0 Å². The normalized spacial score (nSPS) is 12.3. The van der Waals surface area contributed by atoms with E-state index in [0.717, 1.165) is 6.54 Å². The molecule has 0 bridgehead atoms. The minimum atomic E-state index is -0.260. The monoisotopic (exact) mass is 435 g/mol. The number of nitrogens with zero attached hydrogens (tertiary/aromatic N) is 2. The van der Waals surface area contributed by atoms with Crippen LogP contribution in [-0.4, -0.2) is 36.1 Å². The second-order valence-corrected chi connectivity index (χ2v) is 8.26. The van der Waals surface area contributed by atoms with Gasteiger partial charge in [-0.1, -0.05) is 68.4 Å². The van der Waals surface area contributed by atoms with Crippen LogP contribution in [0.2, 0.25) is 0 Å². The Morgan fingerprint density at radius 1 is 1.03 bits per heavy atom. The van der Waals surface area contributed by atoms with Crippen molar-refractivity contribution in [3.05, 3.63) is 89.1 Å². The Bertz CT molecular complexity index is 967. The fraction of sp³-hybridized carbons (Fsp3) is 0.385. The maximum absolute atomic E-state index is 12.2. The largest absolute Gasteiger partial charge is 0.447 e. The third-order valence-corrected chi connectivity index (χ3v) is 5.58. The number of carbonyl (C=O) groups excluding carboxylic acids is 1. The summed E-state index contributed by atoms with van der Waals surface area (Å²) >= 11 is 0. The van der Waals surface area contributed by atoms with Gasteiger partial charge in [-0.25, -0.2) is 4.98 Å². The summed E-state index contributed by atoms with van der Waals surface area (Å²) in [5.74, 6) is 0.761. The Morgan fingerprint density at radius 2 is 1.75 bits per heavy atom. The van der Waals surface area contributed by atoms with Gasteiger partial charge in [0.15, 0.2) is 5.69 Å². The number of hydrogen-bond acceptors (Lipinski definition) is 5. The van der Waals surface area contributed by atoms with Crippen molar-refractivity contribution in [3.8, 4) is 0 Å². The van der Waals surface area contributed by atoms with E-state index in [0.29, 0.717) is 31.5 Å². The van der Waals surface area contributed by atoms with Crippen LogP contribution in [0.25, 0.3) is 0 Å². The summed E-state index contributed by atoms with van der Waals surface area (Å²) in [6.07, 6.45) is 1.42. The number of methoxy groups -OCH3 is 1. The first kappa shape index (κ1) is 23.7. The Labute approximate surface area is 190 Å². The quantitative estimate of drug-likeness (QED) is 0.432. The average molecular weight is 436 g/mol. The van der Waals surface area contributed by atoms with Gasteiger partial charge in [-0.05, 0) is 29.5 Å². The first-order chi connectivity index (χ1) is 15.5. The van der Waals surface area contributed by atoms with Crippen molar-refractivity contribution in [3.63, 3.8) is 0 Å². The van der Waals surface area contributed by atoms with Crippen molar-refractivity contribution >= 4 is 5.91 Å². The zero-order valence-electron chi connectivity index (χ0n) is 19.4. The van der Waals surface area contributed by atoms with Crippen LogP contribution in [0.5, 0.6) is 0 Å². The lowest BCUT2D eigenvalue weighted by molar-refractivity contribution is 0.0932. The fourth-order valence-electron chi connectivity index (χ4n) is 3.53. The molecule has 0 saturated carbocycles. The molecule has 3 rings (SSSR count). The molecular weight excluding hydrogens is 402 g/mol. The fourth-order valence-corrected chi connectivity index (χ4v) is 3.53. The van der Waals surface area contributed by atoms with Gasteiger partial charge in [-0.3, -0.25) is 9.69 Å². The molecule has 1 heterocycles. The average Bonchev–Trinajstić information content (AvgIpc) is 3.28. The van der Waals surface area contributed by atoms with Crippen LogP contribution in [0.3, 0.4) is 0 Å². The minimum Gasteiger partial charge on any atom is -0.447 e. The summed E-state index contributed by atoms with van der Waals surface area (Å²) in [4.78, 5) is 19.0. The number of ether oxygens (including phenoxy) is 1. The Kier molecular flexibility index (Phi) is 8.59. The summed E-state index contributed by atoms with van der Waals surface area (Å²) in [5, 5.41) is 2.77. The van der Waals surface area contributed by atoms with Gasteiger partial charge in [0.05, 0.1) is 13.2 Å². The van der Waals surface area contributed by atoms with Crippen molar-refractivity contribution in [2.45, 2.75) is 45.8 Å². The van der Waals surface area contributed by atoms with Crippen LogP contribution >= 0.6 is 0 Å². The molecule has 3 aromatic rings. The predicted molar refractivity (Wildman–Crippen MR) is 125 cm³/mol. The Balaban J connectivity index is 1.76. The molecule has 0 fully saturated rings. The molecule has 1 atom stereocenters. The van der Waals surface area contributed by atoms with E-state index >= 15 is 0 Å². The molecule has 0 aliphatic rings. The maximum atomic E-state index is 12.2. The van der Waals surface area contributed by atoms with Crippen molar-refractivity contribution in [2.24, 2.45) is 0 Å². The second-order valence-electron chi connectivity index (χ2n) is 8.26. The van der Waals surface area contributed by atoms with Gasteiger partial charge in [0, 0.05) is 26.2 Å². The lowest BCUT2D eigenvalue weighted by Gasteiger charge is -2.28. The molecule has 0 radical (unpaired) electrons. The highest BCUT2D eigenvalue weighted by atomic mass is 16.5. The molecule has 1 unspecified atom stereocenters. The molecule has 1 amide bonds. The van der Waals surface area contributed by atoms with E-state index < -0.39 is 0 Å². The molecular formula is C26H33N3O3. The molecule has 6 heteroatoms. The molecule has 6 nitrogen and oxygen atoms in total. The van der Waals surface area contributed by atoms with E-state index in [1.807, 2.05) is 6.07 Å². The zero-order valence-corrected chi connectivity index (χ0v) is 19.4. The van der Waals surface area contributed by atoms with Crippen LogP contribution in [0, 0.1) is 0 Å². The van der Waals surface area contributed by atoms with Gasteiger partial charge < -0.3 is 14.5 Å². The van der Waals surface area contributed by atoms with Crippen LogP contribution < -0.4 is 5.32 Å². The van der Waals surface area contributed by atoms with E-state index in [4.69, 9.17) is 9.15 Å². The highest BCUT2D eigenvalue weighted by Crippen LogP contribution is 2.25. The number of benzene rings is 2. The minimum absolute atomic E-state index is 0.145. The van der Waals surface area contributed by atoms with E-state index in [1.54, 1.807) is 7.11 Å². The predicted octanol–water partition coefficient (Wildman–Crippen LogP) is 4.94. The van der Waals surface area contributed by atoms with Crippen LogP contribution in [0.15, 0.2) is 65.3 Å². The first-order valence-electron chi connectivity index (χ1n) is 11.1. The summed E-state index contributed by atoms with van der Waals surface area (Å²) < 4.78 is 10.6. The number of carbonyl (C=O) groups is 1. The molecule has 1 aromatic heterocycles. The standard InChI is InChI=1S/C26H33N3O3/c1-19(2)22-12-10-21(11-13-22)16-29(20(3)23-8-6-5-7-9-23)17-25-28-24(18-32-25)26(30)27-14-15-31-4/h5-13,18-20H,14-17H2,1-4H3,(H,27,30). The number of oxazole rings is 1. The van der Waals surface area contributed by atoms with Crippen molar-refractivity contribution in [2.75, 3.05) is 20.3 Å². The highest BCUT2D eigenvalue weighted by Gasteiger charge is 2.20. The highest BCUT2D eigenvalue weighted by molar-refractivity contribution is 5.91. The Hall–Kier alpha value is -2.96. The van der Waals surface area contributed by atoms with Gasteiger partial charge >= 0.3 is 0 Å². The number of aromatic nitrogens is 1. The smallest absolute Gasteiger partial charge is 0.273 e. The number of rotatable bonds is 11. The molecule has 0 aliphatic carbocycles. The molecule has 0 saturated heterocycles. The third-order valence-electron chi connectivity index (χ3n) is 5.58. The lowest BCUT2D eigenvalue weighted by Crippen LogP contribution is -2.28. The van der Waals surface area contributed by atoms with Gasteiger partial charge in [0.25, 0.3) is 5.91 Å². The van der Waals surface area contributed by atoms with E-state index in [-0.39, 0.29) is 17.6 Å². The van der Waals surface area contributed by atoms with Crippen LogP contribution in [0.4, 0.5) is 0 Å². The van der Waals surface area contributed by atoms with Gasteiger partial charge in [-0.2, -0.15) is 0 Å².